The van der Waals surface area contributed by atoms with Gasteiger partial charge >= 0.3 is 0 Å². The first-order valence-electron chi connectivity index (χ1n) is 6.90. The maximum absolute atomic E-state index is 14.2. The molecule has 8 heteroatoms. The van der Waals surface area contributed by atoms with E-state index in [1.807, 2.05) is 0 Å². The minimum absolute atomic E-state index is 0. The molecule has 3 nitrogen and oxygen atoms in total. The van der Waals surface area contributed by atoms with E-state index in [0.29, 0.717) is 5.92 Å². The van der Waals surface area contributed by atoms with Crippen molar-refractivity contribution in [2.45, 2.75) is 18.9 Å². The molecule has 22 heavy (non-hydrogen) atoms. The number of benzene rings is 1. The Morgan fingerprint density at radius 1 is 1.23 bits per heavy atom. The molecule has 2 fully saturated rings. The zero-order chi connectivity index (χ0) is 14.3. The second kappa shape index (κ2) is 8.11. The monoisotopic (exact) mass is 418 g/mol. The van der Waals surface area contributed by atoms with E-state index in [1.165, 1.54) is 0 Å². The van der Waals surface area contributed by atoms with Crippen molar-refractivity contribution in [3.8, 4) is 5.75 Å². The maximum Gasteiger partial charge on any atom is 0.167 e. The number of hydrogen-bond acceptors (Lipinski definition) is 3. The number of halogens is 5. The van der Waals surface area contributed by atoms with Gasteiger partial charge in [0.1, 0.15) is 5.75 Å². The number of rotatable bonds is 3. The summed E-state index contributed by atoms with van der Waals surface area (Å²) in [5.41, 5.74) is 0.112. The van der Waals surface area contributed by atoms with Gasteiger partial charge in [-0.05, 0) is 40.8 Å². The van der Waals surface area contributed by atoms with Crippen LogP contribution in [0, 0.1) is 17.6 Å². The summed E-state index contributed by atoms with van der Waals surface area (Å²) in [4.78, 5) is 2.15. The fourth-order valence-corrected chi connectivity index (χ4v) is 3.38. The number of nitrogens with zero attached hydrogens (tertiary/aromatic N) is 1. The molecule has 1 saturated carbocycles. The number of phenolic OH excluding ortho intramolecular Hbond substituents is 1. The summed E-state index contributed by atoms with van der Waals surface area (Å²) in [5.74, 6) is -1.69. The van der Waals surface area contributed by atoms with Crippen LogP contribution in [0.4, 0.5) is 8.78 Å². The fourth-order valence-electron chi connectivity index (χ4n) is 2.96. The Balaban J connectivity index is 0.00000121. The highest BCUT2D eigenvalue weighted by Crippen LogP contribution is 2.49. The Labute approximate surface area is 149 Å². The number of nitrogens with one attached hydrogen (secondary N) is 1. The van der Waals surface area contributed by atoms with Crippen molar-refractivity contribution in [1.29, 1.82) is 0 Å². The van der Waals surface area contributed by atoms with Crippen molar-refractivity contribution in [3.05, 3.63) is 27.7 Å². The van der Waals surface area contributed by atoms with Crippen molar-refractivity contribution in [1.82, 2.24) is 10.2 Å². The van der Waals surface area contributed by atoms with Gasteiger partial charge in [-0.3, -0.25) is 4.90 Å². The Bertz CT molecular complexity index is 500. The predicted octanol–water partition coefficient (Wildman–Crippen LogP) is 3.63. The maximum atomic E-state index is 14.2. The molecule has 0 radical (unpaired) electrons. The van der Waals surface area contributed by atoms with Gasteiger partial charge in [-0.15, -0.1) is 24.8 Å². The van der Waals surface area contributed by atoms with E-state index in [1.54, 1.807) is 0 Å². The van der Waals surface area contributed by atoms with E-state index >= 15 is 0 Å². The molecule has 1 atom stereocenters. The van der Waals surface area contributed by atoms with Crippen LogP contribution in [0.5, 0.6) is 5.75 Å². The third-order valence-corrected chi connectivity index (χ3v) is 4.69. The van der Waals surface area contributed by atoms with Crippen molar-refractivity contribution >= 4 is 40.7 Å². The molecule has 2 aliphatic rings. The zero-order valence-corrected chi connectivity index (χ0v) is 15.0. The third kappa shape index (κ3) is 3.85. The van der Waals surface area contributed by atoms with E-state index in [4.69, 9.17) is 0 Å². The van der Waals surface area contributed by atoms with Gasteiger partial charge in [-0.2, -0.15) is 0 Å². The van der Waals surface area contributed by atoms with Gasteiger partial charge in [0, 0.05) is 32.2 Å². The molecule has 1 aliphatic carbocycles. The number of phenols is 1. The highest BCUT2D eigenvalue weighted by molar-refractivity contribution is 9.10. The molecular formula is C14H19BrCl2F2N2O. The average molecular weight is 420 g/mol. The quantitative estimate of drug-likeness (QED) is 0.734. The molecule has 0 aromatic heterocycles. The Morgan fingerprint density at radius 2 is 1.82 bits per heavy atom. The Hall–Kier alpha value is -0.140. The fraction of sp³-hybridized carbons (Fsp3) is 0.571. The van der Waals surface area contributed by atoms with Crippen LogP contribution in [0.2, 0.25) is 0 Å². The first-order valence-corrected chi connectivity index (χ1v) is 7.70. The highest BCUT2D eigenvalue weighted by atomic mass is 79.9. The molecule has 3 rings (SSSR count). The molecular weight excluding hydrogens is 401 g/mol. The van der Waals surface area contributed by atoms with Gasteiger partial charge in [0.25, 0.3) is 0 Å². The number of piperazine rings is 1. The summed E-state index contributed by atoms with van der Waals surface area (Å²) in [6, 6.07) is 0.750. The van der Waals surface area contributed by atoms with Gasteiger partial charge in [0.05, 0.1) is 10.0 Å². The van der Waals surface area contributed by atoms with Gasteiger partial charge in [-0.1, -0.05) is 0 Å². The van der Waals surface area contributed by atoms with E-state index in [9.17, 15) is 13.9 Å². The van der Waals surface area contributed by atoms with Crippen LogP contribution in [0.15, 0.2) is 10.5 Å². The summed E-state index contributed by atoms with van der Waals surface area (Å²) >= 11 is 3.11. The normalized spacial score (nSPS) is 20.0. The van der Waals surface area contributed by atoms with Crippen LogP contribution in [-0.4, -0.2) is 36.2 Å². The largest absolute Gasteiger partial charge is 0.506 e. The standard InChI is InChI=1S/C14H17BrF2N2O.2ClH/c15-9-7-10(16)12(17)11(14(9)20)13(8-1-2-8)19-5-3-18-4-6-19;;/h7-8,13,18,20H,1-6H2;2*1H/t13-;;/m0../s1. The van der Waals surface area contributed by atoms with E-state index in [2.05, 4.69) is 26.1 Å². The first kappa shape index (κ1) is 19.9. The number of aromatic hydroxyl groups is 1. The van der Waals surface area contributed by atoms with Crippen molar-refractivity contribution < 1.29 is 13.9 Å². The summed E-state index contributed by atoms with van der Waals surface area (Å²) in [6.45, 7) is 3.24. The zero-order valence-electron chi connectivity index (χ0n) is 11.8. The SMILES string of the molecule is Cl.Cl.Oc1c(Br)cc(F)c(F)c1[C@H](C1CC1)N1CCNCC1. The van der Waals surface area contributed by atoms with Crippen molar-refractivity contribution in [2.75, 3.05) is 26.2 Å². The lowest BCUT2D eigenvalue weighted by molar-refractivity contribution is 0.149. The lowest BCUT2D eigenvalue weighted by atomic mass is 9.98. The Morgan fingerprint density at radius 3 is 2.36 bits per heavy atom. The second-order valence-corrected chi connectivity index (χ2v) is 6.34. The molecule has 1 aliphatic heterocycles. The van der Waals surface area contributed by atoms with E-state index in [0.717, 1.165) is 45.1 Å². The summed E-state index contributed by atoms with van der Waals surface area (Å²) in [6.07, 6.45) is 2.00. The van der Waals surface area contributed by atoms with Crippen LogP contribution in [-0.2, 0) is 0 Å². The van der Waals surface area contributed by atoms with E-state index < -0.39 is 11.6 Å². The van der Waals surface area contributed by atoms with E-state index in [-0.39, 0.29) is 46.6 Å². The van der Waals surface area contributed by atoms with Crippen molar-refractivity contribution in [3.63, 3.8) is 0 Å². The molecule has 0 amide bonds. The predicted molar refractivity (Wildman–Crippen MR) is 90.1 cm³/mol. The second-order valence-electron chi connectivity index (χ2n) is 5.48. The molecule has 0 spiro atoms. The van der Waals surface area contributed by atoms with Gasteiger partial charge in [0.15, 0.2) is 11.6 Å². The average Bonchev–Trinajstić information content (AvgIpc) is 3.27. The Kier molecular flexibility index (Phi) is 7.33. The molecule has 126 valence electrons. The molecule has 1 saturated heterocycles. The molecule has 0 unspecified atom stereocenters. The molecule has 1 heterocycles. The molecule has 2 N–H and O–H groups in total. The minimum Gasteiger partial charge on any atom is -0.506 e. The minimum atomic E-state index is -0.916. The van der Waals surface area contributed by atoms with Crippen LogP contribution < -0.4 is 5.32 Å². The highest BCUT2D eigenvalue weighted by Gasteiger charge is 2.40. The summed E-state index contributed by atoms with van der Waals surface area (Å²) in [5, 5.41) is 13.4. The smallest absolute Gasteiger partial charge is 0.167 e. The molecule has 1 aromatic rings. The summed E-state index contributed by atoms with van der Waals surface area (Å²) in [7, 11) is 0. The molecule has 0 bridgehead atoms. The van der Waals surface area contributed by atoms with Crippen LogP contribution in [0.1, 0.15) is 24.4 Å². The van der Waals surface area contributed by atoms with Gasteiger partial charge in [-0.25, -0.2) is 8.78 Å². The first-order chi connectivity index (χ1) is 9.59. The lowest BCUT2D eigenvalue weighted by Crippen LogP contribution is -2.46. The van der Waals surface area contributed by atoms with Crippen LogP contribution in [0.3, 0.4) is 0 Å². The third-order valence-electron chi connectivity index (χ3n) is 4.09. The van der Waals surface area contributed by atoms with Gasteiger partial charge < -0.3 is 10.4 Å². The van der Waals surface area contributed by atoms with Crippen LogP contribution >= 0.6 is 40.7 Å². The summed E-state index contributed by atoms with van der Waals surface area (Å²) < 4.78 is 28.1. The topological polar surface area (TPSA) is 35.5 Å². The van der Waals surface area contributed by atoms with Crippen molar-refractivity contribution in [2.24, 2.45) is 5.92 Å². The molecule has 1 aromatic carbocycles. The van der Waals surface area contributed by atoms with Crippen LogP contribution in [0.25, 0.3) is 0 Å². The lowest BCUT2D eigenvalue weighted by Gasteiger charge is -2.36. The van der Waals surface area contributed by atoms with Gasteiger partial charge in [0.2, 0.25) is 0 Å². The number of hydrogen-bond donors (Lipinski definition) is 2.